The molecule has 0 bridgehead atoms. The summed E-state index contributed by atoms with van der Waals surface area (Å²) < 4.78 is 4.82. The molecule has 1 fully saturated rings. The molecule has 0 aliphatic carbocycles. The molecule has 0 aromatic heterocycles. The molecule has 1 amide bonds. The Hall–Kier alpha value is -1.10. The monoisotopic (exact) mass is 256 g/mol. The zero-order valence-corrected chi connectivity index (χ0v) is 11.6. The van der Waals surface area contributed by atoms with E-state index < -0.39 is 0 Å². The van der Waals surface area contributed by atoms with E-state index in [1.807, 2.05) is 0 Å². The summed E-state index contributed by atoms with van der Waals surface area (Å²) >= 11 is 0. The van der Waals surface area contributed by atoms with Gasteiger partial charge in [0.25, 0.3) is 0 Å². The van der Waals surface area contributed by atoms with Crippen LogP contribution in [-0.4, -0.2) is 49.6 Å². The van der Waals surface area contributed by atoms with E-state index in [4.69, 9.17) is 4.74 Å². The molecule has 1 heterocycles. The highest BCUT2D eigenvalue weighted by atomic mass is 16.5. The lowest BCUT2D eigenvalue weighted by Crippen LogP contribution is -2.52. The van der Waals surface area contributed by atoms with Gasteiger partial charge in [-0.1, -0.05) is 19.8 Å². The third-order valence-corrected chi connectivity index (χ3v) is 3.40. The third-order valence-electron chi connectivity index (χ3n) is 3.40. The van der Waals surface area contributed by atoms with Crippen LogP contribution >= 0.6 is 0 Å². The van der Waals surface area contributed by atoms with E-state index in [0.29, 0.717) is 13.0 Å². The van der Waals surface area contributed by atoms with E-state index in [0.717, 1.165) is 25.7 Å². The topological polar surface area (TPSA) is 58.6 Å². The van der Waals surface area contributed by atoms with Gasteiger partial charge in [-0.25, -0.2) is 0 Å². The van der Waals surface area contributed by atoms with Gasteiger partial charge in [0.2, 0.25) is 5.91 Å². The molecule has 0 aromatic rings. The van der Waals surface area contributed by atoms with Crippen LogP contribution in [0.4, 0.5) is 0 Å². The molecule has 1 saturated heterocycles. The molecule has 1 N–H and O–H groups in total. The number of nitrogens with zero attached hydrogens (tertiary/aromatic N) is 1. The number of rotatable bonds is 6. The molecule has 2 atom stereocenters. The fourth-order valence-corrected chi connectivity index (χ4v) is 2.25. The van der Waals surface area contributed by atoms with Crippen LogP contribution in [0.1, 0.15) is 39.0 Å². The van der Waals surface area contributed by atoms with E-state index in [1.165, 1.54) is 7.11 Å². The normalized spacial score (nSPS) is 21.8. The molecule has 0 spiro atoms. The highest BCUT2D eigenvalue weighted by molar-refractivity contribution is 5.77. The molecule has 5 heteroatoms. The number of amides is 1. The number of carbonyl (C=O) groups is 2. The molecule has 1 rings (SSSR count). The van der Waals surface area contributed by atoms with Crippen molar-refractivity contribution in [3.05, 3.63) is 0 Å². The third kappa shape index (κ3) is 4.29. The first-order valence-corrected chi connectivity index (χ1v) is 6.66. The molecule has 0 saturated carbocycles. The maximum atomic E-state index is 11.7. The second kappa shape index (κ2) is 7.36. The van der Waals surface area contributed by atoms with Gasteiger partial charge >= 0.3 is 5.97 Å². The van der Waals surface area contributed by atoms with Gasteiger partial charge in [0.1, 0.15) is 6.04 Å². The van der Waals surface area contributed by atoms with Gasteiger partial charge in [-0.05, 0) is 12.8 Å². The van der Waals surface area contributed by atoms with Crippen molar-refractivity contribution in [1.29, 1.82) is 0 Å². The molecule has 18 heavy (non-hydrogen) atoms. The summed E-state index contributed by atoms with van der Waals surface area (Å²) in [5.74, 6) is -0.0285. The number of likely N-dealkylation sites (N-methyl/N-ethyl adjacent to an activating group) is 1. The summed E-state index contributed by atoms with van der Waals surface area (Å²) in [7, 11) is 3.22. The Kier molecular flexibility index (Phi) is 6.12. The van der Waals surface area contributed by atoms with Crippen LogP contribution in [0.5, 0.6) is 0 Å². The minimum atomic E-state index is -0.249. The largest absolute Gasteiger partial charge is 0.468 e. The van der Waals surface area contributed by atoms with Crippen molar-refractivity contribution < 1.29 is 14.3 Å². The standard InChI is InChI=1S/C13H24N2O3/c1-4-5-6-11(13(17)18-3)14-10-7-8-12(16)15(2)9-10/h10-11,14H,4-9H2,1-3H3. The van der Waals surface area contributed by atoms with Crippen molar-refractivity contribution in [2.24, 2.45) is 0 Å². The van der Waals surface area contributed by atoms with E-state index >= 15 is 0 Å². The van der Waals surface area contributed by atoms with Crippen LogP contribution in [0.3, 0.4) is 0 Å². The van der Waals surface area contributed by atoms with E-state index in [1.54, 1.807) is 11.9 Å². The lowest BCUT2D eigenvalue weighted by atomic mass is 10.0. The van der Waals surface area contributed by atoms with Crippen molar-refractivity contribution in [2.75, 3.05) is 20.7 Å². The van der Waals surface area contributed by atoms with Crippen LogP contribution < -0.4 is 5.32 Å². The van der Waals surface area contributed by atoms with Crippen molar-refractivity contribution in [3.63, 3.8) is 0 Å². The van der Waals surface area contributed by atoms with Gasteiger partial charge < -0.3 is 9.64 Å². The summed E-state index contributed by atoms with van der Waals surface area (Å²) in [5.41, 5.74) is 0. The number of carbonyl (C=O) groups excluding carboxylic acids is 2. The van der Waals surface area contributed by atoms with Crippen LogP contribution in [0.15, 0.2) is 0 Å². The first-order valence-electron chi connectivity index (χ1n) is 6.66. The quantitative estimate of drug-likeness (QED) is 0.718. The SMILES string of the molecule is CCCCC(NC1CCC(=O)N(C)C1)C(=O)OC. The molecule has 0 aromatic carbocycles. The Balaban J connectivity index is 2.49. The van der Waals surface area contributed by atoms with Crippen molar-refractivity contribution >= 4 is 11.9 Å². The lowest BCUT2D eigenvalue weighted by molar-refractivity contribution is -0.143. The maximum Gasteiger partial charge on any atom is 0.322 e. The highest BCUT2D eigenvalue weighted by Crippen LogP contribution is 2.12. The van der Waals surface area contributed by atoms with Crippen molar-refractivity contribution in [3.8, 4) is 0 Å². The van der Waals surface area contributed by atoms with E-state index in [9.17, 15) is 9.59 Å². The Morgan fingerprint density at radius 1 is 1.61 bits per heavy atom. The Labute approximate surface area is 109 Å². The number of likely N-dealkylation sites (tertiary alicyclic amines) is 1. The number of hydrogen-bond acceptors (Lipinski definition) is 4. The molecule has 2 unspecified atom stereocenters. The maximum absolute atomic E-state index is 11.7. The van der Waals surface area contributed by atoms with Crippen LogP contribution in [-0.2, 0) is 14.3 Å². The fourth-order valence-electron chi connectivity index (χ4n) is 2.25. The number of methoxy groups -OCH3 is 1. The Morgan fingerprint density at radius 2 is 2.33 bits per heavy atom. The summed E-state index contributed by atoms with van der Waals surface area (Å²) in [4.78, 5) is 24.8. The number of hydrogen-bond donors (Lipinski definition) is 1. The van der Waals surface area contributed by atoms with E-state index in [2.05, 4.69) is 12.2 Å². The molecule has 1 aliphatic heterocycles. The van der Waals surface area contributed by atoms with Gasteiger partial charge in [0.05, 0.1) is 7.11 Å². The zero-order chi connectivity index (χ0) is 13.5. The fraction of sp³-hybridized carbons (Fsp3) is 0.846. The van der Waals surface area contributed by atoms with E-state index in [-0.39, 0.29) is 24.0 Å². The van der Waals surface area contributed by atoms with Crippen molar-refractivity contribution in [2.45, 2.75) is 51.1 Å². The first-order chi connectivity index (χ1) is 8.58. The number of ether oxygens (including phenoxy) is 1. The molecular formula is C13H24N2O3. The highest BCUT2D eigenvalue weighted by Gasteiger charge is 2.27. The Bertz CT molecular complexity index is 294. The van der Waals surface area contributed by atoms with Crippen molar-refractivity contribution in [1.82, 2.24) is 10.2 Å². The average Bonchev–Trinajstić information content (AvgIpc) is 2.37. The smallest absolute Gasteiger partial charge is 0.322 e. The summed E-state index contributed by atoms with van der Waals surface area (Å²) in [5, 5.41) is 3.32. The zero-order valence-electron chi connectivity index (χ0n) is 11.6. The second-order valence-corrected chi connectivity index (χ2v) is 4.89. The first kappa shape index (κ1) is 15.0. The molecule has 104 valence electrons. The summed E-state index contributed by atoms with van der Waals surface area (Å²) in [6.07, 6.45) is 4.18. The average molecular weight is 256 g/mol. The minimum Gasteiger partial charge on any atom is -0.468 e. The van der Waals surface area contributed by atoms with Crippen LogP contribution in [0.25, 0.3) is 0 Å². The predicted octanol–water partition coefficient (Wildman–Crippen LogP) is 0.929. The molecular weight excluding hydrogens is 232 g/mol. The van der Waals surface area contributed by atoms with Gasteiger partial charge in [-0.15, -0.1) is 0 Å². The van der Waals surface area contributed by atoms with Crippen LogP contribution in [0, 0.1) is 0 Å². The van der Waals surface area contributed by atoms with Gasteiger partial charge in [-0.2, -0.15) is 0 Å². The molecule has 0 radical (unpaired) electrons. The second-order valence-electron chi connectivity index (χ2n) is 4.89. The lowest BCUT2D eigenvalue weighted by Gasteiger charge is -2.32. The molecule has 5 nitrogen and oxygen atoms in total. The summed E-state index contributed by atoms with van der Waals surface area (Å²) in [6.45, 7) is 2.76. The molecule has 1 aliphatic rings. The Morgan fingerprint density at radius 3 is 2.89 bits per heavy atom. The number of nitrogens with one attached hydrogen (secondary N) is 1. The van der Waals surface area contributed by atoms with Gasteiger partial charge in [0.15, 0.2) is 0 Å². The summed E-state index contributed by atoms with van der Waals surface area (Å²) in [6, 6.07) is -0.0600. The van der Waals surface area contributed by atoms with Crippen LogP contribution in [0.2, 0.25) is 0 Å². The van der Waals surface area contributed by atoms with Gasteiger partial charge in [0, 0.05) is 26.1 Å². The number of unbranched alkanes of at least 4 members (excludes halogenated alkanes) is 1. The minimum absolute atomic E-state index is 0.177. The van der Waals surface area contributed by atoms with Gasteiger partial charge in [-0.3, -0.25) is 14.9 Å². The predicted molar refractivity (Wildman–Crippen MR) is 69.1 cm³/mol. The number of esters is 1. The number of piperidine rings is 1.